The Morgan fingerprint density at radius 2 is 1.76 bits per heavy atom. The summed E-state index contributed by atoms with van der Waals surface area (Å²) in [6.45, 7) is 17.0. The zero-order valence-corrected chi connectivity index (χ0v) is 32.6. The van der Waals surface area contributed by atoms with Crippen LogP contribution >= 0.6 is 0 Å². The van der Waals surface area contributed by atoms with Crippen LogP contribution in [0.2, 0.25) is 0 Å². The number of fused-ring (bicyclic) bond motifs is 1. The van der Waals surface area contributed by atoms with Crippen LogP contribution in [-0.2, 0) is 14.4 Å². The number of nitrogens with one attached hydrogen (secondary N) is 1. The third-order valence-corrected chi connectivity index (χ3v) is 10.5. The van der Waals surface area contributed by atoms with Crippen LogP contribution in [0, 0.1) is 23.1 Å². The molecule has 16 heteroatoms. The number of aromatic nitrogens is 3. The van der Waals surface area contributed by atoms with Gasteiger partial charge < -0.3 is 34.2 Å². The molecule has 2 amide bonds. The van der Waals surface area contributed by atoms with Crippen LogP contribution in [0.25, 0.3) is 0 Å². The number of hydrogen-bond donors (Lipinski definition) is 1. The predicted octanol–water partition coefficient (Wildman–Crippen LogP) is 3.68. The molecule has 3 aliphatic rings. The molecule has 0 radical (unpaired) electrons. The van der Waals surface area contributed by atoms with Gasteiger partial charge in [-0.2, -0.15) is 0 Å². The summed E-state index contributed by atoms with van der Waals surface area (Å²) in [6, 6.07) is 1.06. The predicted molar refractivity (Wildman–Crippen MR) is 198 cm³/mol. The Hall–Kier alpha value is -4.70. The number of carbonyl (C=O) groups is 4. The second kappa shape index (κ2) is 17.2. The number of likely N-dealkylation sites (tertiary alicyclic amines) is 1. The van der Waals surface area contributed by atoms with Crippen molar-refractivity contribution in [2.24, 2.45) is 17.3 Å². The van der Waals surface area contributed by atoms with E-state index in [4.69, 9.17) is 14.2 Å². The first kappa shape index (κ1) is 40.5. The lowest BCUT2D eigenvalue weighted by molar-refractivity contribution is -0.133. The molecule has 4 heterocycles. The molecule has 2 atom stereocenters. The van der Waals surface area contributed by atoms with Crippen molar-refractivity contribution in [3.8, 4) is 23.1 Å². The fourth-order valence-corrected chi connectivity index (χ4v) is 7.80. The molecule has 0 aliphatic carbocycles. The van der Waals surface area contributed by atoms with Crippen molar-refractivity contribution >= 4 is 29.6 Å². The summed E-state index contributed by atoms with van der Waals surface area (Å²) in [4.78, 5) is 63.7. The van der Waals surface area contributed by atoms with Crippen LogP contribution < -0.4 is 24.4 Å². The Balaban J connectivity index is 1.34. The topological polar surface area (TPSA) is 160 Å². The minimum atomic E-state index is -1.09. The fraction of sp³-hybridized carbons (Fsp3) is 0.605. The Morgan fingerprint density at radius 1 is 1.07 bits per heavy atom. The quantitative estimate of drug-likeness (QED) is 0.208. The van der Waals surface area contributed by atoms with E-state index in [1.807, 2.05) is 20.8 Å². The van der Waals surface area contributed by atoms with Crippen molar-refractivity contribution in [1.82, 2.24) is 35.2 Å². The highest BCUT2D eigenvalue weighted by Gasteiger charge is 2.50. The Bertz CT molecular complexity index is 1750. The van der Waals surface area contributed by atoms with Crippen LogP contribution in [0.4, 0.5) is 10.2 Å². The molecule has 1 spiro atoms. The molecule has 3 aliphatic heterocycles. The van der Waals surface area contributed by atoms with Gasteiger partial charge >= 0.3 is 11.9 Å². The SMILES string of the molecule is CCN(C(=O)c1cc(F)c2c(c1Oc1nncnc1N1CCC3(C1)CN([C@H](CCCN(C)C[C@H](C)C(=O)NC)C(C)C)C3)OC(=O)/C=C/C(=O)O2)C(C)C. The van der Waals surface area contributed by atoms with E-state index in [0.717, 1.165) is 57.1 Å². The number of anilines is 1. The Kier molecular flexibility index (Phi) is 12.9. The molecule has 2 saturated heterocycles. The van der Waals surface area contributed by atoms with E-state index < -0.39 is 35.2 Å². The number of esters is 2. The van der Waals surface area contributed by atoms with Crippen LogP contribution in [0.1, 0.15) is 71.2 Å². The van der Waals surface area contributed by atoms with Gasteiger partial charge in [0.1, 0.15) is 6.33 Å². The third kappa shape index (κ3) is 8.97. The maximum Gasteiger partial charge on any atom is 0.336 e. The zero-order chi connectivity index (χ0) is 39.3. The second-order valence-corrected chi connectivity index (χ2v) is 15.3. The Labute approximate surface area is 316 Å². The molecule has 0 unspecified atom stereocenters. The van der Waals surface area contributed by atoms with Crippen LogP contribution in [0.3, 0.4) is 0 Å². The molecule has 1 N–H and O–H groups in total. The standard InChI is InChI=1S/C38H53FN8O7/c1-9-47(24(4)5)37(51)26-17-27(39)32-33(53-30(49)13-12-29(48)52-32)31(26)54-36-34(41-22-42-43-36)45-16-14-38(19-45)20-46(21-38)28(23(2)3)11-10-15-44(8)18-25(6)35(50)40-7/h12-13,17,22-25,28H,9-11,14-16,18-21H2,1-8H3,(H,40,50)/b13-12+/t25-,28+/m0/s1. The van der Waals surface area contributed by atoms with Gasteiger partial charge in [0.05, 0.1) is 5.56 Å². The van der Waals surface area contributed by atoms with Crippen LogP contribution in [-0.4, -0.2) is 126 Å². The van der Waals surface area contributed by atoms with E-state index in [0.29, 0.717) is 44.0 Å². The molecule has 1 aromatic heterocycles. The first-order chi connectivity index (χ1) is 25.7. The molecule has 2 fully saturated rings. The number of nitrogens with zero attached hydrogens (tertiary/aromatic N) is 7. The van der Waals surface area contributed by atoms with E-state index >= 15 is 4.39 Å². The number of benzene rings is 1. The van der Waals surface area contributed by atoms with Crippen molar-refractivity contribution < 1.29 is 37.8 Å². The summed E-state index contributed by atoms with van der Waals surface area (Å²) in [5.74, 6) is -4.59. The Morgan fingerprint density at radius 3 is 2.39 bits per heavy atom. The minimum absolute atomic E-state index is 0.0242. The number of amides is 2. The molecule has 5 rings (SSSR count). The molecular weight excluding hydrogens is 699 g/mol. The van der Waals surface area contributed by atoms with Crippen molar-refractivity contribution in [2.45, 2.75) is 72.9 Å². The van der Waals surface area contributed by atoms with Gasteiger partial charge in [-0.05, 0) is 65.6 Å². The number of ether oxygens (including phenoxy) is 3. The minimum Gasteiger partial charge on any atom is -0.430 e. The maximum absolute atomic E-state index is 15.6. The summed E-state index contributed by atoms with van der Waals surface area (Å²) >= 11 is 0. The molecule has 294 valence electrons. The maximum atomic E-state index is 15.6. The third-order valence-electron chi connectivity index (χ3n) is 10.5. The molecule has 0 bridgehead atoms. The van der Waals surface area contributed by atoms with Gasteiger partial charge in [-0.1, -0.05) is 20.8 Å². The average Bonchev–Trinajstić information content (AvgIpc) is 3.56. The lowest BCUT2D eigenvalue weighted by Gasteiger charge is -2.53. The van der Waals surface area contributed by atoms with Gasteiger partial charge in [0.2, 0.25) is 17.4 Å². The van der Waals surface area contributed by atoms with E-state index in [2.05, 4.69) is 56.1 Å². The van der Waals surface area contributed by atoms with E-state index in [1.54, 1.807) is 14.0 Å². The molecular formula is C38H53FN8O7. The number of carbonyl (C=O) groups excluding carboxylic acids is 4. The van der Waals surface area contributed by atoms with Gasteiger partial charge in [-0.25, -0.2) is 19.0 Å². The lowest BCUT2D eigenvalue weighted by Crippen LogP contribution is -2.62. The van der Waals surface area contributed by atoms with Gasteiger partial charge in [0.15, 0.2) is 17.4 Å². The summed E-state index contributed by atoms with van der Waals surface area (Å²) in [7, 11) is 3.73. The number of hydrogen-bond acceptors (Lipinski definition) is 13. The zero-order valence-electron chi connectivity index (χ0n) is 32.6. The number of rotatable bonds is 15. The molecule has 1 aromatic carbocycles. The highest BCUT2D eigenvalue weighted by atomic mass is 19.1. The van der Waals surface area contributed by atoms with Crippen LogP contribution in [0.5, 0.6) is 23.1 Å². The van der Waals surface area contributed by atoms with Crippen LogP contribution in [0.15, 0.2) is 24.5 Å². The summed E-state index contributed by atoms with van der Waals surface area (Å²) in [5, 5.41) is 10.9. The fourth-order valence-electron chi connectivity index (χ4n) is 7.80. The highest BCUT2D eigenvalue weighted by molar-refractivity contribution is 6.01. The number of halogens is 1. The van der Waals surface area contributed by atoms with Gasteiger partial charge in [-0.15, -0.1) is 10.2 Å². The average molecular weight is 753 g/mol. The van der Waals surface area contributed by atoms with E-state index in [-0.39, 0.29) is 40.5 Å². The molecule has 15 nitrogen and oxygen atoms in total. The van der Waals surface area contributed by atoms with Crippen molar-refractivity contribution in [3.63, 3.8) is 0 Å². The first-order valence-corrected chi connectivity index (χ1v) is 18.7. The van der Waals surface area contributed by atoms with Gasteiger partial charge in [-0.3, -0.25) is 14.5 Å². The van der Waals surface area contributed by atoms with E-state index in [9.17, 15) is 19.2 Å². The lowest BCUT2D eigenvalue weighted by atomic mass is 9.76. The smallest absolute Gasteiger partial charge is 0.336 e. The molecule has 0 saturated carbocycles. The van der Waals surface area contributed by atoms with Gasteiger partial charge in [0.25, 0.3) is 11.8 Å². The summed E-state index contributed by atoms with van der Waals surface area (Å²) in [5.41, 5.74) is -0.234. The summed E-state index contributed by atoms with van der Waals surface area (Å²) in [6.07, 6.45) is 5.94. The normalized spacial score (nSPS) is 18.4. The van der Waals surface area contributed by atoms with Crippen molar-refractivity contribution in [2.75, 3.05) is 64.8 Å². The van der Waals surface area contributed by atoms with Crippen molar-refractivity contribution in [1.29, 1.82) is 0 Å². The summed E-state index contributed by atoms with van der Waals surface area (Å²) < 4.78 is 32.5. The second-order valence-electron chi connectivity index (χ2n) is 15.3. The monoisotopic (exact) mass is 752 g/mol. The van der Waals surface area contributed by atoms with Gasteiger partial charge in [0, 0.05) is 81.9 Å². The van der Waals surface area contributed by atoms with E-state index in [1.165, 1.54) is 11.2 Å². The largest absolute Gasteiger partial charge is 0.430 e. The molecule has 54 heavy (non-hydrogen) atoms. The van der Waals surface area contributed by atoms with Crippen molar-refractivity contribution in [3.05, 3.63) is 35.9 Å². The first-order valence-electron chi connectivity index (χ1n) is 18.7. The molecule has 2 aromatic rings. The highest BCUT2D eigenvalue weighted by Crippen LogP contribution is 2.48.